The zero-order chi connectivity index (χ0) is 21.9. The van der Waals surface area contributed by atoms with Gasteiger partial charge < -0.3 is 0 Å². The maximum atomic E-state index is 6.44. The van der Waals surface area contributed by atoms with Gasteiger partial charge in [-0.1, -0.05) is 108 Å². The number of hydrogen-bond acceptors (Lipinski definition) is 0. The van der Waals surface area contributed by atoms with Gasteiger partial charge in [0.25, 0.3) is 0 Å². The molecule has 5 rings (SSSR count). The summed E-state index contributed by atoms with van der Waals surface area (Å²) in [5, 5.41) is 4.97. The Bertz CT molecular complexity index is 1450. The first-order chi connectivity index (χ1) is 15.7. The zero-order valence-electron chi connectivity index (χ0n) is 17.0. The third-order valence-electron chi connectivity index (χ3n) is 5.28. The van der Waals surface area contributed by atoms with Gasteiger partial charge in [-0.05, 0) is 47.2 Å². The average molecular weight is 447 g/mol. The summed E-state index contributed by atoms with van der Waals surface area (Å²) in [4.78, 5) is 0. The topological polar surface area (TPSA) is 0 Å². The van der Waals surface area contributed by atoms with Crippen molar-refractivity contribution >= 4 is 44.7 Å². The molecule has 0 unspecified atom stereocenters. The molecule has 0 aromatic heterocycles. The molecule has 0 saturated heterocycles. The summed E-state index contributed by atoms with van der Waals surface area (Å²) in [5.74, 6) is 13.4. The van der Waals surface area contributed by atoms with Gasteiger partial charge in [0, 0.05) is 33.0 Å². The maximum Gasteiger partial charge on any atom is 0.0599 e. The monoisotopic (exact) mass is 446 g/mol. The van der Waals surface area contributed by atoms with Gasteiger partial charge in [0.15, 0.2) is 0 Å². The van der Waals surface area contributed by atoms with Crippen molar-refractivity contribution in [1.29, 1.82) is 0 Å². The molecule has 0 nitrogen and oxygen atoms in total. The van der Waals surface area contributed by atoms with Gasteiger partial charge in [0.2, 0.25) is 0 Å². The molecule has 32 heavy (non-hydrogen) atoms. The predicted octanol–water partition coefficient (Wildman–Crippen LogP) is 8.10. The maximum absolute atomic E-state index is 6.44. The van der Waals surface area contributed by atoms with Crippen molar-refractivity contribution in [2.24, 2.45) is 0 Å². The van der Waals surface area contributed by atoms with E-state index in [2.05, 4.69) is 35.8 Å². The van der Waals surface area contributed by atoms with E-state index in [4.69, 9.17) is 23.2 Å². The normalized spacial score (nSPS) is 10.3. The quantitative estimate of drug-likeness (QED) is 0.166. The van der Waals surface area contributed by atoms with Crippen LogP contribution in [0.2, 0.25) is 10.0 Å². The minimum atomic E-state index is 0.499. The largest absolute Gasteiger partial charge is 0.0827 e. The van der Waals surface area contributed by atoms with E-state index in [-0.39, 0.29) is 0 Å². The van der Waals surface area contributed by atoms with Crippen LogP contribution < -0.4 is 0 Å². The molecular formula is C30H16Cl2. The molecule has 0 amide bonds. The number of benzene rings is 5. The Morgan fingerprint density at radius 1 is 0.406 bits per heavy atom. The molecule has 0 spiro atoms. The molecule has 0 radical (unpaired) electrons. The van der Waals surface area contributed by atoms with Crippen LogP contribution in [0.15, 0.2) is 97.1 Å². The summed E-state index contributed by atoms with van der Waals surface area (Å²) in [6.07, 6.45) is 0. The second kappa shape index (κ2) is 8.82. The summed E-state index contributed by atoms with van der Waals surface area (Å²) < 4.78 is 0. The van der Waals surface area contributed by atoms with Crippen LogP contribution >= 0.6 is 23.2 Å². The van der Waals surface area contributed by atoms with E-state index in [1.807, 2.05) is 84.9 Å². The summed E-state index contributed by atoms with van der Waals surface area (Å²) in [7, 11) is 0. The van der Waals surface area contributed by atoms with Gasteiger partial charge in [0.05, 0.1) is 10.0 Å². The van der Waals surface area contributed by atoms with Crippen molar-refractivity contribution < 1.29 is 0 Å². The van der Waals surface area contributed by atoms with E-state index in [9.17, 15) is 0 Å². The number of hydrogen-bond donors (Lipinski definition) is 0. The van der Waals surface area contributed by atoms with Gasteiger partial charge in [-0.15, -0.1) is 0 Å². The Labute approximate surface area is 197 Å². The van der Waals surface area contributed by atoms with Gasteiger partial charge >= 0.3 is 0 Å². The van der Waals surface area contributed by atoms with Crippen LogP contribution in [-0.4, -0.2) is 0 Å². The minimum Gasteiger partial charge on any atom is -0.0827 e. The predicted molar refractivity (Wildman–Crippen MR) is 136 cm³/mol. The fourth-order valence-corrected chi connectivity index (χ4v) is 4.08. The Morgan fingerprint density at radius 2 is 0.781 bits per heavy atom. The van der Waals surface area contributed by atoms with E-state index in [0.29, 0.717) is 10.0 Å². The Hall–Kier alpha value is -3.68. The molecule has 0 bridgehead atoms. The Morgan fingerprint density at radius 3 is 1.19 bits per heavy atom. The highest BCUT2D eigenvalue weighted by molar-refractivity contribution is 6.43. The lowest BCUT2D eigenvalue weighted by Gasteiger charge is -2.12. The molecule has 0 fully saturated rings. The van der Waals surface area contributed by atoms with Gasteiger partial charge in [-0.25, -0.2) is 0 Å². The molecule has 5 aromatic carbocycles. The van der Waals surface area contributed by atoms with Gasteiger partial charge in [-0.2, -0.15) is 0 Å². The highest BCUT2D eigenvalue weighted by atomic mass is 35.5. The highest BCUT2D eigenvalue weighted by Gasteiger charge is 2.14. The summed E-state index contributed by atoms with van der Waals surface area (Å²) >= 11 is 12.9. The van der Waals surface area contributed by atoms with E-state index in [0.717, 1.165) is 43.8 Å². The fourth-order valence-electron chi connectivity index (χ4n) is 3.75. The molecule has 0 aliphatic heterocycles. The lowest BCUT2D eigenvalue weighted by atomic mass is 9.91. The molecule has 0 aliphatic carbocycles. The Balaban J connectivity index is 1.85. The molecule has 0 aliphatic rings. The second-order valence-electron chi connectivity index (χ2n) is 7.34. The number of fused-ring (bicyclic) bond motifs is 2. The first-order valence-electron chi connectivity index (χ1n) is 10.2. The van der Waals surface area contributed by atoms with Crippen LogP contribution in [0.1, 0.15) is 22.3 Å². The fraction of sp³-hybridized carbons (Fsp3) is 0. The van der Waals surface area contributed by atoms with Crippen LogP contribution in [-0.2, 0) is 0 Å². The average Bonchev–Trinajstić information content (AvgIpc) is 2.84. The van der Waals surface area contributed by atoms with E-state index < -0.39 is 0 Å². The Kier molecular flexibility index (Phi) is 5.58. The van der Waals surface area contributed by atoms with Crippen LogP contribution in [0, 0.1) is 23.7 Å². The highest BCUT2D eigenvalue weighted by Crippen LogP contribution is 2.36. The van der Waals surface area contributed by atoms with E-state index in [1.54, 1.807) is 0 Å². The first-order valence-corrected chi connectivity index (χ1v) is 10.9. The molecule has 150 valence electrons. The van der Waals surface area contributed by atoms with Crippen LogP contribution in [0.25, 0.3) is 21.5 Å². The zero-order valence-corrected chi connectivity index (χ0v) is 18.5. The van der Waals surface area contributed by atoms with Crippen molar-refractivity contribution in [3.05, 3.63) is 129 Å². The molecule has 0 saturated carbocycles. The third-order valence-corrected chi connectivity index (χ3v) is 6.00. The van der Waals surface area contributed by atoms with Crippen LogP contribution in [0.3, 0.4) is 0 Å². The smallest absolute Gasteiger partial charge is 0.0599 e. The molecule has 2 heteroatoms. The summed E-state index contributed by atoms with van der Waals surface area (Å²) in [6.45, 7) is 0. The summed E-state index contributed by atoms with van der Waals surface area (Å²) in [5.41, 5.74) is 3.75. The van der Waals surface area contributed by atoms with Gasteiger partial charge in [-0.3, -0.25) is 0 Å². The van der Waals surface area contributed by atoms with Crippen molar-refractivity contribution in [2.45, 2.75) is 0 Å². The molecule has 5 aromatic rings. The lowest BCUT2D eigenvalue weighted by Crippen LogP contribution is -1.91. The third kappa shape index (κ3) is 3.95. The first kappa shape index (κ1) is 20.2. The van der Waals surface area contributed by atoms with E-state index in [1.165, 1.54) is 0 Å². The van der Waals surface area contributed by atoms with Crippen molar-refractivity contribution in [3.63, 3.8) is 0 Å². The molecule has 0 N–H and O–H groups in total. The van der Waals surface area contributed by atoms with Crippen molar-refractivity contribution in [3.8, 4) is 23.7 Å². The summed E-state index contributed by atoms with van der Waals surface area (Å²) in [6, 6.07) is 31.9. The standard InChI is InChI=1S/C30H16Cl2/c31-29-19-27-25(17-15-21-9-3-1-4-10-21)23-13-7-8-14-24(23)26(28(27)20-30(29)32)18-16-22-11-5-2-6-12-22/h1-14,19-20H. The van der Waals surface area contributed by atoms with Crippen LogP contribution in [0.5, 0.6) is 0 Å². The molecular weight excluding hydrogens is 431 g/mol. The van der Waals surface area contributed by atoms with E-state index >= 15 is 0 Å². The molecule has 0 atom stereocenters. The molecule has 0 heterocycles. The number of rotatable bonds is 0. The van der Waals surface area contributed by atoms with Crippen LogP contribution in [0.4, 0.5) is 0 Å². The second-order valence-corrected chi connectivity index (χ2v) is 8.15. The van der Waals surface area contributed by atoms with Crippen molar-refractivity contribution in [2.75, 3.05) is 0 Å². The van der Waals surface area contributed by atoms with Crippen molar-refractivity contribution in [1.82, 2.24) is 0 Å². The van der Waals surface area contributed by atoms with Gasteiger partial charge in [0.1, 0.15) is 0 Å². The lowest BCUT2D eigenvalue weighted by molar-refractivity contribution is 1.64. The minimum absolute atomic E-state index is 0.499. The SMILES string of the molecule is Clc1cc2c(C#Cc3ccccc3)c3ccccc3c(C#Cc3ccccc3)c2cc1Cl. The number of halogens is 2.